The fourth-order valence-corrected chi connectivity index (χ4v) is 7.12. The maximum atomic E-state index is 10.8. The van der Waals surface area contributed by atoms with Crippen LogP contribution in [-0.4, -0.2) is 36.1 Å². The minimum atomic E-state index is -1.06. The van der Waals surface area contributed by atoms with E-state index in [1.54, 1.807) is 28.1 Å². The average molecular weight is 854 g/mol. The van der Waals surface area contributed by atoms with Crippen molar-refractivity contribution in [2.45, 2.75) is 25.7 Å². The van der Waals surface area contributed by atoms with E-state index in [0.717, 1.165) is 66.0 Å². The van der Waals surface area contributed by atoms with E-state index in [0.29, 0.717) is 0 Å². The third-order valence-corrected chi connectivity index (χ3v) is 10.6. The molecule has 0 aliphatic rings. The number of nitrogens with zero attached hydrogens (tertiary/aromatic N) is 2. The van der Waals surface area contributed by atoms with Crippen molar-refractivity contribution in [3.63, 3.8) is 0 Å². The quantitative estimate of drug-likeness (QED) is 0.109. The number of carbonyl (C=O) groups is 2. The van der Waals surface area contributed by atoms with Gasteiger partial charge >= 0.3 is 17.1 Å². The first-order valence-corrected chi connectivity index (χ1v) is 19.5. The molecule has 2 heterocycles. The third-order valence-electron chi connectivity index (χ3n) is 10.6. The molecule has 0 N–H and O–H groups in total. The number of benzene rings is 7. The molecule has 0 saturated carbocycles. The monoisotopic (exact) mass is 853 g/mol. The van der Waals surface area contributed by atoms with Crippen molar-refractivity contribution >= 4 is 55.3 Å². The maximum absolute atomic E-state index is 10.8. The summed E-state index contributed by atoms with van der Waals surface area (Å²) < 4.78 is 10.3. The Labute approximate surface area is 364 Å². The molecule has 9 aromatic rings. The van der Waals surface area contributed by atoms with Gasteiger partial charge in [0.05, 0.1) is 25.3 Å². The molecule has 8 nitrogen and oxygen atoms in total. The summed E-state index contributed by atoms with van der Waals surface area (Å²) in [6.07, 6.45) is 3.75. The van der Waals surface area contributed by atoms with Gasteiger partial charge < -0.3 is 29.3 Å². The van der Waals surface area contributed by atoms with Gasteiger partial charge in [-0.3, -0.25) is 9.97 Å². The number of carbonyl (C=O) groups excluding carboxylic acids is 2. The van der Waals surface area contributed by atoms with E-state index in [9.17, 15) is 19.8 Å². The Morgan fingerprint density at radius 2 is 0.836 bits per heavy atom. The van der Waals surface area contributed by atoms with E-state index in [1.807, 2.05) is 97.3 Å². The zero-order valence-electron chi connectivity index (χ0n) is 34.0. The Morgan fingerprint density at radius 1 is 0.475 bits per heavy atom. The fraction of sp³-hybridized carbons (Fsp3) is 0.115. The number of hydrogen-bond acceptors (Lipinski definition) is 8. The van der Waals surface area contributed by atoms with Crippen LogP contribution < -0.4 is 19.7 Å². The van der Waals surface area contributed by atoms with Crippen LogP contribution in [-0.2, 0) is 26.7 Å². The van der Waals surface area contributed by atoms with Gasteiger partial charge in [0.15, 0.2) is 0 Å². The number of hydrogen-bond donors (Lipinski definition) is 0. The van der Waals surface area contributed by atoms with E-state index in [-0.39, 0.29) is 17.1 Å². The van der Waals surface area contributed by atoms with Gasteiger partial charge in [-0.2, -0.15) is 0 Å². The fourth-order valence-electron chi connectivity index (χ4n) is 7.12. The van der Waals surface area contributed by atoms with Crippen molar-refractivity contribution in [1.82, 2.24) is 9.97 Å². The van der Waals surface area contributed by atoms with Crippen LogP contribution in [0.25, 0.3) is 65.6 Å². The largest absolute Gasteiger partial charge is 2.00 e. The molecule has 2 aromatic heterocycles. The first kappa shape index (κ1) is 43.5. The molecule has 0 bridgehead atoms. The summed E-state index contributed by atoms with van der Waals surface area (Å²) in [7, 11) is 3.24. The Morgan fingerprint density at radius 3 is 1.20 bits per heavy atom. The second-order valence-corrected chi connectivity index (χ2v) is 14.3. The van der Waals surface area contributed by atoms with Gasteiger partial charge in [0, 0.05) is 46.9 Å². The van der Waals surface area contributed by atoms with Crippen molar-refractivity contribution in [1.29, 1.82) is 0 Å². The van der Waals surface area contributed by atoms with Crippen LogP contribution in [0.15, 0.2) is 170 Å². The third kappa shape index (κ3) is 9.88. The van der Waals surface area contributed by atoms with Gasteiger partial charge in [-0.25, -0.2) is 0 Å². The zero-order chi connectivity index (χ0) is 42.2. The number of aromatic nitrogens is 2. The van der Waals surface area contributed by atoms with Crippen LogP contribution in [0.1, 0.15) is 36.8 Å². The summed E-state index contributed by atoms with van der Waals surface area (Å²) in [6, 6.07) is 51.9. The minimum Gasteiger partial charge on any atom is -0.550 e. The second-order valence-electron chi connectivity index (χ2n) is 14.3. The van der Waals surface area contributed by atoms with E-state index >= 15 is 0 Å². The Balaban J connectivity index is 0.000000158. The van der Waals surface area contributed by atoms with Crippen molar-refractivity contribution in [3.05, 3.63) is 181 Å². The molecule has 2 atom stereocenters. The molecule has 0 aliphatic heterocycles. The van der Waals surface area contributed by atoms with Crippen LogP contribution >= 0.6 is 0 Å². The Hall–Kier alpha value is -7.06. The van der Waals surface area contributed by atoms with E-state index in [1.165, 1.54) is 22.3 Å². The van der Waals surface area contributed by atoms with Crippen LogP contribution in [0.3, 0.4) is 0 Å². The van der Waals surface area contributed by atoms with Gasteiger partial charge in [0.2, 0.25) is 0 Å². The first-order chi connectivity index (χ1) is 29.1. The molecular weight excluding hydrogens is 812 g/mol. The average Bonchev–Trinajstić information content (AvgIpc) is 3.30. The number of carboxylic acids is 2. The Bertz CT molecular complexity index is 2760. The summed E-state index contributed by atoms with van der Waals surface area (Å²) in [5, 5.41) is 27.9. The van der Waals surface area contributed by atoms with Crippen molar-refractivity contribution in [2.24, 2.45) is 0 Å². The van der Waals surface area contributed by atoms with Crippen molar-refractivity contribution in [3.8, 4) is 33.8 Å². The molecule has 0 unspecified atom stereocenters. The van der Waals surface area contributed by atoms with Crippen LogP contribution in [0.2, 0.25) is 0 Å². The smallest absolute Gasteiger partial charge is 0.550 e. The molecule has 0 aliphatic carbocycles. The second kappa shape index (κ2) is 19.8. The van der Waals surface area contributed by atoms with Gasteiger partial charge in [-0.05, 0) is 91.3 Å². The van der Waals surface area contributed by atoms with Crippen molar-refractivity contribution < 1.29 is 46.3 Å². The number of carboxylic acid groups (broad SMARTS) is 2. The van der Waals surface area contributed by atoms with Gasteiger partial charge in [-0.15, -0.1) is 0 Å². The molecule has 9 heteroatoms. The SMILES string of the molecule is COc1ccc2cc([C@@H](C)C(=O)[O-])ccc2c1.COc1ccc2cc([C@@H](C)C(=O)[O-])ccc2c1.[Cu+2].c1ccc(-c2ccnc3c2ccc2c(-c4ccccc4)ccnc23)cc1. The predicted molar refractivity (Wildman–Crippen MR) is 236 cm³/mol. The first-order valence-electron chi connectivity index (χ1n) is 19.5. The standard InChI is InChI=1S/C24H16N2.2C14H14O3.Cu/c1-3-7-17(8-4-1)19-13-15-25-23-21(19)11-12-22-20(14-16-26-24(22)23)18-9-5-2-6-10-18;2*1-9(14(15)16)10-3-4-12-8-13(17-2)6-5-11(12)7-10;/h1-16H;2*3-9H,1-2H3,(H,15,16);/q;;;+2/p-2/t;2*9-;/m.11./s1. The van der Waals surface area contributed by atoms with Gasteiger partial charge in [0.1, 0.15) is 11.5 Å². The number of methoxy groups -OCH3 is 2. The Kier molecular flexibility index (Phi) is 14.1. The molecule has 1 radical (unpaired) electrons. The number of pyridine rings is 2. The van der Waals surface area contributed by atoms with Crippen molar-refractivity contribution in [2.75, 3.05) is 14.2 Å². The summed E-state index contributed by atoms with van der Waals surface area (Å²) in [5.74, 6) is -1.73. The molecule has 307 valence electrons. The van der Waals surface area contributed by atoms with Crippen LogP contribution in [0, 0.1) is 0 Å². The number of ether oxygens (including phenoxy) is 2. The zero-order valence-corrected chi connectivity index (χ0v) is 34.9. The topological polar surface area (TPSA) is 124 Å². The minimum absolute atomic E-state index is 0. The molecule has 0 spiro atoms. The number of aliphatic carboxylic acids is 2. The molecule has 9 rings (SSSR count). The van der Waals surface area contributed by atoms with Gasteiger partial charge in [0.25, 0.3) is 0 Å². The summed E-state index contributed by atoms with van der Waals surface area (Å²) in [6.45, 7) is 3.25. The molecule has 0 amide bonds. The molecule has 7 aromatic carbocycles. The van der Waals surface area contributed by atoms with Gasteiger partial charge in [-0.1, -0.05) is 135 Å². The summed E-state index contributed by atoms with van der Waals surface area (Å²) in [4.78, 5) is 30.9. The molecular formula is C52H42CuN2O6. The van der Waals surface area contributed by atoms with E-state index in [4.69, 9.17) is 9.47 Å². The predicted octanol–water partition coefficient (Wildman–Crippen LogP) is 9.52. The summed E-state index contributed by atoms with van der Waals surface area (Å²) >= 11 is 0. The number of rotatable bonds is 8. The normalized spacial score (nSPS) is 11.6. The van der Waals surface area contributed by atoms with Crippen LogP contribution in [0.4, 0.5) is 0 Å². The molecule has 61 heavy (non-hydrogen) atoms. The molecule has 0 fully saturated rings. The van der Waals surface area contributed by atoms with E-state index < -0.39 is 23.8 Å². The maximum Gasteiger partial charge on any atom is 2.00 e. The number of fused-ring (bicyclic) bond motifs is 5. The summed E-state index contributed by atoms with van der Waals surface area (Å²) in [5.41, 5.74) is 8.15. The molecule has 0 saturated heterocycles. The van der Waals surface area contributed by atoms with E-state index in [2.05, 4.69) is 82.8 Å². The van der Waals surface area contributed by atoms with Crippen LogP contribution in [0.5, 0.6) is 11.5 Å².